The molecule has 0 saturated heterocycles. The average Bonchev–Trinajstić information content (AvgIpc) is 1.61. The first-order valence-electron chi connectivity index (χ1n) is 2.56. The van der Waals surface area contributed by atoms with E-state index in [1.807, 2.05) is 0 Å². The SMILES string of the molecule is CC/C=C/[SiH2]C. The van der Waals surface area contributed by atoms with Crippen LogP contribution in [0.4, 0.5) is 0 Å². The lowest BCUT2D eigenvalue weighted by molar-refractivity contribution is 1.23. The predicted octanol–water partition coefficient (Wildman–Crippen LogP) is 1.13. The van der Waals surface area contributed by atoms with E-state index in [0.717, 1.165) is 0 Å². The van der Waals surface area contributed by atoms with Crippen LogP contribution in [0, 0.1) is 0 Å². The van der Waals surface area contributed by atoms with Crippen LogP contribution >= 0.6 is 0 Å². The van der Waals surface area contributed by atoms with Gasteiger partial charge in [-0.15, -0.1) is 5.70 Å². The Morgan fingerprint density at radius 1 is 1.67 bits per heavy atom. The number of allylic oxidation sites excluding steroid dienone is 1. The molecule has 0 N–H and O–H groups in total. The van der Waals surface area contributed by atoms with Crippen molar-refractivity contribution >= 4 is 9.52 Å². The molecule has 0 aliphatic carbocycles. The fourth-order valence-electron chi connectivity index (χ4n) is 0.333. The summed E-state index contributed by atoms with van der Waals surface area (Å²) in [6, 6.07) is 0. The van der Waals surface area contributed by atoms with Crippen LogP contribution in [0.5, 0.6) is 0 Å². The van der Waals surface area contributed by atoms with Gasteiger partial charge in [-0.25, -0.2) is 0 Å². The molecule has 0 aromatic heterocycles. The minimum Gasteiger partial charge on any atom is -0.106 e. The highest BCUT2D eigenvalue weighted by molar-refractivity contribution is 6.40. The molecule has 0 radical (unpaired) electrons. The molecule has 0 heterocycles. The van der Waals surface area contributed by atoms with Crippen LogP contribution in [0.2, 0.25) is 6.55 Å². The first-order valence-corrected chi connectivity index (χ1v) is 4.79. The summed E-state index contributed by atoms with van der Waals surface area (Å²) in [6.45, 7) is 4.45. The van der Waals surface area contributed by atoms with Crippen molar-refractivity contribution in [2.45, 2.75) is 19.9 Å². The zero-order valence-corrected chi connectivity index (χ0v) is 5.98. The highest BCUT2D eigenvalue weighted by atomic mass is 28.2. The Labute approximate surface area is 42.1 Å². The normalized spacial score (nSPS) is 12.3. The van der Waals surface area contributed by atoms with Crippen molar-refractivity contribution < 1.29 is 0 Å². The number of hydrogen-bond donors (Lipinski definition) is 0. The third kappa shape index (κ3) is 3.96. The van der Waals surface area contributed by atoms with Crippen LogP contribution in [0.3, 0.4) is 0 Å². The van der Waals surface area contributed by atoms with Crippen molar-refractivity contribution in [3.05, 3.63) is 11.8 Å². The van der Waals surface area contributed by atoms with Crippen LogP contribution < -0.4 is 0 Å². The zero-order valence-electron chi connectivity index (χ0n) is 4.57. The van der Waals surface area contributed by atoms with Crippen molar-refractivity contribution in [2.24, 2.45) is 0 Å². The smallest absolute Gasteiger partial charge is 0.0419 e. The van der Waals surface area contributed by atoms with Gasteiger partial charge in [-0.1, -0.05) is 19.5 Å². The maximum absolute atomic E-state index is 2.32. The van der Waals surface area contributed by atoms with E-state index in [2.05, 4.69) is 25.2 Å². The molecule has 6 heavy (non-hydrogen) atoms. The minimum absolute atomic E-state index is 0.222. The lowest BCUT2D eigenvalue weighted by Crippen LogP contribution is -1.66. The molecule has 0 spiro atoms. The molecule has 0 rings (SSSR count). The van der Waals surface area contributed by atoms with Crippen LogP contribution in [0.25, 0.3) is 0 Å². The van der Waals surface area contributed by atoms with Crippen molar-refractivity contribution in [2.75, 3.05) is 0 Å². The summed E-state index contributed by atoms with van der Waals surface area (Å²) in [7, 11) is 0.222. The highest BCUT2D eigenvalue weighted by Gasteiger charge is 1.61. The van der Waals surface area contributed by atoms with Crippen LogP contribution in [-0.4, -0.2) is 9.52 Å². The summed E-state index contributed by atoms with van der Waals surface area (Å²) in [5, 5.41) is 0. The van der Waals surface area contributed by atoms with Gasteiger partial charge in [-0.05, 0) is 6.42 Å². The van der Waals surface area contributed by atoms with Crippen molar-refractivity contribution in [1.29, 1.82) is 0 Å². The Bertz CT molecular complexity index is 33.2. The molecule has 0 atom stereocenters. The molecule has 0 aliphatic heterocycles. The lowest BCUT2D eigenvalue weighted by atomic mass is 10.5. The van der Waals surface area contributed by atoms with Gasteiger partial charge in [0.25, 0.3) is 0 Å². The fraction of sp³-hybridized carbons (Fsp3) is 0.600. The van der Waals surface area contributed by atoms with Gasteiger partial charge >= 0.3 is 0 Å². The highest BCUT2D eigenvalue weighted by Crippen LogP contribution is 1.74. The van der Waals surface area contributed by atoms with Gasteiger partial charge in [0.2, 0.25) is 0 Å². The van der Waals surface area contributed by atoms with Gasteiger partial charge < -0.3 is 0 Å². The molecule has 0 nitrogen and oxygen atoms in total. The van der Waals surface area contributed by atoms with E-state index in [4.69, 9.17) is 0 Å². The van der Waals surface area contributed by atoms with Gasteiger partial charge in [0.05, 0.1) is 0 Å². The van der Waals surface area contributed by atoms with Crippen LogP contribution in [0.1, 0.15) is 13.3 Å². The maximum atomic E-state index is 2.32. The monoisotopic (exact) mass is 100 g/mol. The molecular weight excluding hydrogens is 88.1 g/mol. The Morgan fingerprint density at radius 3 is 2.50 bits per heavy atom. The molecule has 0 amide bonds. The van der Waals surface area contributed by atoms with Gasteiger partial charge in [0.1, 0.15) is 0 Å². The molecule has 0 unspecified atom stereocenters. The molecule has 0 aliphatic rings. The molecule has 36 valence electrons. The third-order valence-electron chi connectivity index (χ3n) is 0.638. The second-order valence-electron chi connectivity index (χ2n) is 1.29. The van der Waals surface area contributed by atoms with E-state index in [0.29, 0.717) is 0 Å². The zero-order chi connectivity index (χ0) is 4.83. The van der Waals surface area contributed by atoms with Gasteiger partial charge in [0.15, 0.2) is 0 Å². The van der Waals surface area contributed by atoms with Gasteiger partial charge in [-0.3, -0.25) is 0 Å². The van der Waals surface area contributed by atoms with E-state index < -0.39 is 0 Å². The Hall–Kier alpha value is -0.0431. The minimum atomic E-state index is 0.222. The van der Waals surface area contributed by atoms with Crippen molar-refractivity contribution in [3.63, 3.8) is 0 Å². The average molecular weight is 100 g/mol. The molecule has 0 bridgehead atoms. The lowest BCUT2D eigenvalue weighted by Gasteiger charge is -1.71. The summed E-state index contributed by atoms with van der Waals surface area (Å²) < 4.78 is 0. The Balaban J connectivity index is 2.73. The first kappa shape index (κ1) is 5.96. The fourth-order valence-corrected chi connectivity index (χ4v) is 1.00. The molecule has 0 aromatic carbocycles. The summed E-state index contributed by atoms with van der Waals surface area (Å²) in [5.74, 6) is 0. The standard InChI is InChI=1S/C5H12Si/c1-3-4-5-6-2/h4-5H,3,6H2,1-2H3/b5-4+. The van der Waals surface area contributed by atoms with E-state index >= 15 is 0 Å². The quantitative estimate of drug-likeness (QED) is 0.456. The summed E-state index contributed by atoms with van der Waals surface area (Å²) in [5.41, 5.74) is 2.32. The van der Waals surface area contributed by atoms with E-state index in [1.54, 1.807) is 0 Å². The largest absolute Gasteiger partial charge is 0.106 e. The number of rotatable bonds is 2. The van der Waals surface area contributed by atoms with Crippen LogP contribution in [0.15, 0.2) is 11.8 Å². The Morgan fingerprint density at radius 2 is 2.33 bits per heavy atom. The van der Waals surface area contributed by atoms with Crippen molar-refractivity contribution in [1.82, 2.24) is 0 Å². The van der Waals surface area contributed by atoms with Gasteiger partial charge in [0, 0.05) is 9.52 Å². The second-order valence-corrected chi connectivity index (χ2v) is 2.58. The van der Waals surface area contributed by atoms with Crippen molar-refractivity contribution in [3.8, 4) is 0 Å². The Kier molecular flexibility index (Phi) is 4.92. The predicted molar refractivity (Wildman–Crippen MR) is 33.8 cm³/mol. The number of hydrogen-bond acceptors (Lipinski definition) is 0. The van der Waals surface area contributed by atoms with Crippen LogP contribution in [-0.2, 0) is 0 Å². The van der Waals surface area contributed by atoms with E-state index in [9.17, 15) is 0 Å². The molecule has 0 saturated carbocycles. The molecule has 0 fully saturated rings. The molecular formula is C5H12Si. The molecule has 0 aromatic rings. The third-order valence-corrected chi connectivity index (χ3v) is 1.44. The van der Waals surface area contributed by atoms with E-state index in [-0.39, 0.29) is 9.52 Å². The summed E-state index contributed by atoms with van der Waals surface area (Å²) >= 11 is 0. The second kappa shape index (κ2) is 4.96. The van der Waals surface area contributed by atoms with E-state index in [1.165, 1.54) is 6.42 Å². The molecule has 1 heteroatoms. The van der Waals surface area contributed by atoms with Gasteiger partial charge in [-0.2, -0.15) is 0 Å². The summed E-state index contributed by atoms with van der Waals surface area (Å²) in [6.07, 6.45) is 3.45. The topological polar surface area (TPSA) is 0 Å². The summed E-state index contributed by atoms with van der Waals surface area (Å²) in [4.78, 5) is 0. The maximum Gasteiger partial charge on any atom is 0.0419 e. The first-order chi connectivity index (χ1) is 2.91.